The summed E-state index contributed by atoms with van der Waals surface area (Å²) in [6, 6.07) is 14.9. The van der Waals surface area contributed by atoms with Crippen LogP contribution in [-0.2, 0) is 9.59 Å². The van der Waals surface area contributed by atoms with Gasteiger partial charge in [-0.05, 0) is 36.2 Å². The molecule has 2 N–H and O–H groups in total. The van der Waals surface area contributed by atoms with Crippen molar-refractivity contribution in [3.63, 3.8) is 0 Å². The van der Waals surface area contributed by atoms with Crippen LogP contribution >= 0.6 is 0 Å². The van der Waals surface area contributed by atoms with Crippen LogP contribution in [0.1, 0.15) is 37.8 Å². The number of hydrogen-bond donors (Lipinski definition) is 2. The summed E-state index contributed by atoms with van der Waals surface area (Å²) < 4.78 is 5.25. The summed E-state index contributed by atoms with van der Waals surface area (Å²) in [4.78, 5) is 35.4. The zero-order valence-corrected chi connectivity index (χ0v) is 17.2. The zero-order valence-electron chi connectivity index (χ0n) is 17.2. The normalized spacial score (nSPS) is 18.7. The Hall–Kier alpha value is -3.35. The highest BCUT2D eigenvalue weighted by atomic mass is 16.5. The SMILES string of the molecule is CCCCN1C(=O)CC(C(=O)Nc2nc3ccccc3[nH]2)C1c1ccc(OC)cc1. The number of amides is 2. The minimum Gasteiger partial charge on any atom is -0.497 e. The molecule has 156 valence electrons. The number of likely N-dealkylation sites (tertiary alicyclic amines) is 1. The summed E-state index contributed by atoms with van der Waals surface area (Å²) in [5, 5.41) is 2.88. The van der Waals surface area contributed by atoms with Crippen molar-refractivity contribution < 1.29 is 14.3 Å². The van der Waals surface area contributed by atoms with E-state index in [1.807, 2.05) is 53.4 Å². The van der Waals surface area contributed by atoms with Crippen LogP contribution in [0.3, 0.4) is 0 Å². The Kier molecular flexibility index (Phi) is 5.70. The number of carbonyl (C=O) groups excluding carboxylic acids is 2. The Bertz CT molecular complexity index is 1010. The van der Waals surface area contributed by atoms with Gasteiger partial charge in [0, 0.05) is 13.0 Å². The summed E-state index contributed by atoms with van der Waals surface area (Å²) in [5.74, 6) is 0.452. The fraction of sp³-hybridized carbons (Fsp3) is 0.348. The Balaban J connectivity index is 1.61. The summed E-state index contributed by atoms with van der Waals surface area (Å²) in [7, 11) is 1.62. The number of benzene rings is 2. The lowest BCUT2D eigenvalue weighted by atomic mass is 9.92. The fourth-order valence-electron chi connectivity index (χ4n) is 4.05. The third-order valence-electron chi connectivity index (χ3n) is 5.61. The van der Waals surface area contributed by atoms with Crippen LogP contribution in [0.5, 0.6) is 5.75 Å². The second-order valence-electron chi connectivity index (χ2n) is 7.56. The Morgan fingerprint density at radius 3 is 2.70 bits per heavy atom. The lowest BCUT2D eigenvalue weighted by Crippen LogP contribution is -2.33. The van der Waals surface area contributed by atoms with E-state index in [-0.39, 0.29) is 24.3 Å². The number of para-hydroxylation sites is 2. The molecule has 4 rings (SSSR count). The molecule has 0 saturated carbocycles. The van der Waals surface area contributed by atoms with E-state index in [0.717, 1.165) is 35.2 Å². The van der Waals surface area contributed by atoms with Crippen molar-refractivity contribution in [2.45, 2.75) is 32.2 Å². The van der Waals surface area contributed by atoms with Gasteiger partial charge in [-0.15, -0.1) is 0 Å². The van der Waals surface area contributed by atoms with Crippen molar-refractivity contribution in [1.82, 2.24) is 14.9 Å². The number of ether oxygens (including phenoxy) is 1. The number of nitrogens with one attached hydrogen (secondary N) is 2. The third kappa shape index (κ3) is 3.87. The molecule has 7 nitrogen and oxygen atoms in total. The molecule has 0 spiro atoms. The highest BCUT2D eigenvalue weighted by Crippen LogP contribution is 2.39. The van der Waals surface area contributed by atoms with Gasteiger partial charge in [0.25, 0.3) is 0 Å². The fourth-order valence-corrected chi connectivity index (χ4v) is 4.05. The van der Waals surface area contributed by atoms with Crippen LogP contribution < -0.4 is 10.1 Å². The number of nitrogens with zero attached hydrogens (tertiary/aromatic N) is 2. The molecule has 1 aliphatic rings. The molecule has 3 aromatic rings. The van der Waals surface area contributed by atoms with Gasteiger partial charge in [0.2, 0.25) is 17.8 Å². The summed E-state index contributed by atoms with van der Waals surface area (Å²) in [5.41, 5.74) is 2.57. The average Bonchev–Trinajstić information content (AvgIpc) is 3.32. The topological polar surface area (TPSA) is 87.3 Å². The van der Waals surface area contributed by atoms with E-state index in [9.17, 15) is 9.59 Å². The predicted molar refractivity (Wildman–Crippen MR) is 115 cm³/mol. The molecule has 0 aliphatic carbocycles. The number of H-pyrrole nitrogens is 1. The van der Waals surface area contributed by atoms with Crippen molar-refractivity contribution in [3.05, 3.63) is 54.1 Å². The van der Waals surface area contributed by atoms with E-state index in [0.29, 0.717) is 12.5 Å². The first kappa shape index (κ1) is 19.9. The number of fused-ring (bicyclic) bond motifs is 1. The van der Waals surface area contributed by atoms with Crippen molar-refractivity contribution >= 4 is 28.8 Å². The molecule has 0 bridgehead atoms. The number of anilines is 1. The third-order valence-corrected chi connectivity index (χ3v) is 5.61. The Morgan fingerprint density at radius 2 is 2.00 bits per heavy atom. The molecule has 1 saturated heterocycles. The molecule has 1 aliphatic heterocycles. The van der Waals surface area contributed by atoms with Gasteiger partial charge >= 0.3 is 0 Å². The smallest absolute Gasteiger partial charge is 0.232 e. The lowest BCUT2D eigenvalue weighted by molar-refractivity contribution is -0.129. The summed E-state index contributed by atoms with van der Waals surface area (Å²) >= 11 is 0. The molecule has 2 aromatic carbocycles. The van der Waals surface area contributed by atoms with E-state index >= 15 is 0 Å². The number of aromatic amines is 1. The number of methoxy groups -OCH3 is 1. The Morgan fingerprint density at radius 1 is 1.23 bits per heavy atom. The van der Waals surface area contributed by atoms with E-state index in [4.69, 9.17) is 4.74 Å². The van der Waals surface area contributed by atoms with Crippen LogP contribution in [0.25, 0.3) is 11.0 Å². The molecule has 2 unspecified atom stereocenters. The zero-order chi connectivity index (χ0) is 21.1. The summed E-state index contributed by atoms with van der Waals surface area (Å²) in [6.07, 6.45) is 2.07. The van der Waals surface area contributed by atoms with E-state index < -0.39 is 5.92 Å². The van der Waals surface area contributed by atoms with Crippen molar-refractivity contribution in [2.24, 2.45) is 5.92 Å². The molecule has 0 radical (unpaired) electrons. The van der Waals surface area contributed by atoms with E-state index in [1.54, 1.807) is 7.11 Å². The molecular weight excluding hydrogens is 380 g/mol. The molecule has 30 heavy (non-hydrogen) atoms. The monoisotopic (exact) mass is 406 g/mol. The van der Waals surface area contributed by atoms with E-state index in [2.05, 4.69) is 22.2 Å². The maximum atomic E-state index is 13.2. The van der Waals surface area contributed by atoms with Crippen LogP contribution in [0.15, 0.2) is 48.5 Å². The molecular formula is C23H26N4O3. The van der Waals surface area contributed by atoms with Crippen LogP contribution in [0, 0.1) is 5.92 Å². The second-order valence-corrected chi connectivity index (χ2v) is 7.56. The number of imidazole rings is 1. The molecule has 2 amide bonds. The number of aromatic nitrogens is 2. The van der Waals surface area contributed by atoms with Gasteiger partial charge in [-0.25, -0.2) is 4.98 Å². The molecule has 7 heteroatoms. The molecule has 1 fully saturated rings. The van der Waals surface area contributed by atoms with Crippen molar-refractivity contribution in [3.8, 4) is 5.75 Å². The number of rotatable bonds is 7. The van der Waals surface area contributed by atoms with Gasteiger partial charge in [0.1, 0.15) is 5.75 Å². The average molecular weight is 406 g/mol. The largest absolute Gasteiger partial charge is 0.497 e. The standard InChI is InChI=1S/C23H26N4O3/c1-3-4-13-27-20(28)14-17(21(27)15-9-11-16(30-2)12-10-15)22(29)26-23-24-18-7-5-6-8-19(18)25-23/h5-12,17,21H,3-4,13-14H2,1-2H3,(H2,24,25,26,29). The van der Waals surface area contributed by atoms with Crippen molar-refractivity contribution in [1.29, 1.82) is 0 Å². The number of hydrogen-bond acceptors (Lipinski definition) is 4. The minimum atomic E-state index is -0.490. The van der Waals surface area contributed by atoms with Gasteiger partial charge < -0.3 is 14.6 Å². The Labute approximate surface area is 175 Å². The first-order valence-corrected chi connectivity index (χ1v) is 10.3. The van der Waals surface area contributed by atoms with Gasteiger partial charge in [0.05, 0.1) is 30.1 Å². The molecule has 2 heterocycles. The maximum Gasteiger partial charge on any atom is 0.232 e. The lowest BCUT2D eigenvalue weighted by Gasteiger charge is -2.28. The van der Waals surface area contributed by atoms with Crippen LogP contribution in [0.4, 0.5) is 5.95 Å². The van der Waals surface area contributed by atoms with Crippen molar-refractivity contribution in [2.75, 3.05) is 19.0 Å². The first-order chi connectivity index (χ1) is 14.6. The number of carbonyl (C=O) groups is 2. The highest BCUT2D eigenvalue weighted by Gasteiger charge is 2.44. The molecule has 1 aromatic heterocycles. The number of unbranched alkanes of at least 4 members (excludes halogenated alkanes) is 1. The maximum absolute atomic E-state index is 13.2. The second kappa shape index (κ2) is 8.57. The summed E-state index contributed by atoms with van der Waals surface area (Å²) in [6.45, 7) is 2.73. The van der Waals surface area contributed by atoms with Gasteiger partial charge in [-0.1, -0.05) is 37.6 Å². The highest BCUT2D eigenvalue weighted by molar-refractivity contribution is 5.97. The van der Waals surface area contributed by atoms with Crippen LogP contribution in [0.2, 0.25) is 0 Å². The van der Waals surface area contributed by atoms with Gasteiger partial charge in [-0.3, -0.25) is 14.9 Å². The molecule has 2 atom stereocenters. The van der Waals surface area contributed by atoms with Crippen LogP contribution in [-0.4, -0.2) is 40.3 Å². The predicted octanol–water partition coefficient (Wildman–Crippen LogP) is 3.90. The quantitative estimate of drug-likeness (QED) is 0.623. The van der Waals surface area contributed by atoms with Gasteiger partial charge in [0.15, 0.2) is 0 Å². The van der Waals surface area contributed by atoms with Gasteiger partial charge in [-0.2, -0.15) is 0 Å². The van der Waals surface area contributed by atoms with E-state index in [1.165, 1.54) is 0 Å². The minimum absolute atomic E-state index is 0.00836. The first-order valence-electron chi connectivity index (χ1n) is 10.3.